The molecule has 0 radical (unpaired) electrons. The highest BCUT2D eigenvalue weighted by atomic mass is 19.1. The van der Waals surface area contributed by atoms with E-state index in [0.717, 1.165) is 24.9 Å². The van der Waals surface area contributed by atoms with Gasteiger partial charge >= 0.3 is 6.03 Å². The molecule has 2 aromatic rings. The molecule has 1 saturated carbocycles. The Morgan fingerprint density at radius 3 is 2.54 bits per heavy atom. The normalized spacial score (nSPS) is 27.0. The van der Waals surface area contributed by atoms with E-state index in [1.54, 1.807) is 17.0 Å². The van der Waals surface area contributed by atoms with Crippen molar-refractivity contribution < 1.29 is 14.3 Å². The lowest BCUT2D eigenvalue weighted by molar-refractivity contribution is -0.0955. The molecule has 148 valence electrons. The minimum Gasteiger partial charge on any atom is -0.386 e. The number of amides is 2. The number of anilines is 2. The predicted molar refractivity (Wildman–Crippen MR) is 108 cm³/mol. The topological polar surface area (TPSA) is 64.6 Å². The molecule has 3 atom stereocenters. The minimum atomic E-state index is -0.966. The molecule has 3 N–H and O–H groups in total. The molecule has 2 fully saturated rings. The van der Waals surface area contributed by atoms with Gasteiger partial charge in [0.2, 0.25) is 0 Å². The van der Waals surface area contributed by atoms with E-state index in [9.17, 15) is 14.3 Å². The number of likely N-dealkylation sites (tertiary alicyclic amines) is 1. The van der Waals surface area contributed by atoms with Gasteiger partial charge in [-0.3, -0.25) is 0 Å². The number of carbonyl (C=O) groups excluding carboxylic acids is 1. The van der Waals surface area contributed by atoms with Crippen molar-refractivity contribution in [3.63, 3.8) is 0 Å². The summed E-state index contributed by atoms with van der Waals surface area (Å²) in [6.45, 7) is 0.560. The molecule has 0 aromatic heterocycles. The van der Waals surface area contributed by atoms with E-state index in [1.165, 1.54) is 12.1 Å². The van der Waals surface area contributed by atoms with Crippen molar-refractivity contribution in [3.8, 4) is 0 Å². The van der Waals surface area contributed by atoms with Gasteiger partial charge in [0.1, 0.15) is 11.4 Å². The van der Waals surface area contributed by atoms with Gasteiger partial charge in [-0.2, -0.15) is 0 Å². The summed E-state index contributed by atoms with van der Waals surface area (Å²) in [6.07, 6.45) is 4.06. The number of nitrogens with zero attached hydrogens (tertiary/aromatic N) is 1. The lowest BCUT2D eigenvalue weighted by Crippen LogP contribution is -2.68. The summed E-state index contributed by atoms with van der Waals surface area (Å²) in [4.78, 5) is 14.7. The first-order valence-electron chi connectivity index (χ1n) is 9.93. The Morgan fingerprint density at radius 1 is 1.04 bits per heavy atom. The van der Waals surface area contributed by atoms with E-state index < -0.39 is 5.60 Å². The summed E-state index contributed by atoms with van der Waals surface area (Å²) < 4.78 is 13.1. The Balaban J connectivity index is 1.51. The second kappa shape index (κ2) is 7.80. The minimum absolute atomic E-state index is 0.102. The van der Waals surface area contributed by atoms with Crippen molar-refractivity contribution in [2.45, 2.75) is 49.8 Å². The largest absolute Gasteiger partial charge is 0.386 e. The average Bonchev–Trinajstić information content (AvgIpc) is 2.71. The van der Waals surface area contributed by atoms with Crippen molar-refractivity contribution in [1.29, 1.82) is 0 Å². The van der Waals surface area contributed by atoms with Crippen LogP contribution in [-0.4, -0.2) is 40.3 Å². The van der Waals surface area contributed by atoms with Crippen LogP contribution < -0.4 is 10.6 Å². The van der Waals surface area contributed by atoms with Gasteiger partial charge in [-0.25, -0.2) is 9.18 Å². The highest BCUT2D eigenvalue weighted by molar-refractivity contribution is 5.89. The van der Waals surface area contributed by atoms with Crippen molar-refractivity contribution in [3.05, 3.63) is 60.4 Å². The Hall–Kier alpha value is -2.60. The molecule has 2 amide bonds. The van der Waals surface area contributed by atoms with Gasteiger partial charge in [0.25, 0.3) is 0 Å². The second-order valence-corrected chi connectivity index (χ2v) is 7.73. The van der Waals surface area contributed by atoms with E-state index in [-0.39, 0.29) is 23.9 Å². The van der Waals surface area contributed by atoms with E-state index in [2.05, 4.69) is 10.6 Å². The molecule has 1 aliphatic heterocycles. The number of aliphatic hydroxyl groups is 1. The monoisotopic (exact) mass is 383 g/mol. The van der Waals surface area contributed by atoms with Crippen LogP contribution in [-0.2, 0) is 0 Å². The summed E-state index contributed by atoms with van der Waals surface area (Å²) >= 11 is 0. The van der Waals surface area contributed by atoms with Gasteiger partial charge in [0.15, 0.2) is 0 Å². The molecule has 0 bridgehead atoms. The molecular weight excluding hydrogens is 357 g/mol. The number of hydrogen-bond acceptors (Lipinski definition) is 3. The first kappa shape index (κ1) is 18.7. The van der Waals surface area contributed by atoms with Crippen LogP contribution in [0.3, 0.4) is 0 Å². The number of hydrogen-bond donors (Lipinski definition) is 3. The Labute approximate surface area is 164 Å². The number of nitrogens with one attached hydrogen (secondary N) is 2. The van der Waals surface area contributed by atoms with Gasteiger partial charge in [0, 0.05) is 17.9 Å². The lowest BCUT2D eigenvalue weighted by Gasteiger charge is -2.53. The fourth-order valence-corrected chi connectivity index (χ4v) is 4.57. The molecule has 4 rings (SSSR count). The van der Waals surface area contributed by atoms with Crippen LogP contribution in [0.2, 0.25) is 0 Å². The third-order valence-electron chi connectivity index (χ3n) is 5.99. The van der Waals surface area contributed by atoms with Gasteiger partial charge in [-0.05, 0) is 55.7 Å². The average molecular weight is 383 g/mol. The van der Waals surface area contributed by atoms with E-state index >= 15 is 0 Å². The van der Waals surface area contributed by atoms with Gasteiger partial charge in [-0.15, -0.1) is 0 Å². The molecule has 6 heteroatoms. The number of benzene rings is 2. The maximum atomic E-state index is 13.1. The highest BCUT2D eigenvalue weighted by Crippen LogP contribution is 2.40. The number of para-hydroxylation sites is 1. The molecule has 3 unspecified atom stereocenters. The lowest BCUT2D eigenvalue weighted by atomic mass is 9.71. The smallest absolute Gasteiger partial charge is 0.322 e. The Kier molecular flexibility index (Phi) is 5.22. The first-order chi connectivity index (χ1) is 13.6. The molecule has 1 heterocycles. The molecular formula is C22H26FN3O2. The summed E-state index contributed by atoms with van der Waals surface area (Å²) in [6, 6.07) is 15.0. The molecule has 2 aromatic carbocycles. The first-order valence-corrected chi connectivity index (χ1v) is 9.93. The number of fused-ring (bicyclic) bond motifs is 1. The van der Waals surface area contributed by atoms with Crippen LogP contribution in [0.1, 0.15) is 32.1 Å². The zero-order chi connectivity index (χ0) is 19.6. The van der Waals surface area contributed by atoms with Crippen molar-refractivity contribution >= 4 is 17.4 Å². The quantitative estimate of drug-likeness (QED) is 0.744. The highest BCUT2D eigenvalue weighted by Gasteiger charge is 2.52. The molecule has 2 aliphatic rings. The molecule has 1 saturated heterocycles. The number of halogens is 1. The SMILES string of the molecule is O=C(Nc1ccc(F)cc1)N1CCC(Nc2ccccc2)C2(O)CCCCC12. The van der Waals surface area contributed by atoms with E-state index in [4.69, 9.17) is 0 Å². The second-order valence-electron chi connectivity index (χ2n) is 7.73. The zero-order valence-electron chi connectivity index (χ0n) is 15.8. The van der Waals surface area contributed by atoms with Crippen LogP contribution in [0.15, 0.2) is 54.6 Å². The molecule has 5 nitrogen and oxygen atoms in total. The summed E-state index contributed by atoms with van der Waals surface area (Å²) in [5.41, 5.74) is 0.566. The maximum absolute atomic E-state index is 13.1. The van der Waals surface area contributed by atoms with E-state index in [1.807, 2.05) is 30.3 Å². The molecule has 0 spiro atoms. The van der Waals surface area contributed by atoms with Crippen LogP contribution in [0.5, 0.6) is 0 Å². The molecule has 1 aliphatic carbocycles. The fourth-order valence-electron chi connectivity index (χ4n) is 4.57. The zero-order valence-corrected chi connectivity index (χ0v) is 15.8. The predicted octanol–water partition coefficient (Wildman–Crippen LogP) is 4.22. The van der Waals surface area contributed by atoms with Crippen LogP contribution in [0, 0.1) is 5.82 Å². The van der Waals surface area contributed by atoms with Crippen LogP contribution in [0.25, 0.3) is 0 Å². The van der Waals surface area contributed by atoms with E-state index in [0.29, 0.717) is 25.1 Å². The fraction of sp³-hybridized carbons (Fsp3) is 0.409. The molecule has 28 heavy (non-hydrogen) atoms. The maximum Gasteiger partial charge on any atom is 0.322 e. The van der Waals surface area contributed by atoms with Crippen LogP contribution >= 0.6 is 0 Å². The number of piperidine rings is 1. The number of urea groups is 1. The third kappa shape index (κ3) is 3.69. The Morgan fingerprint density at radius 2 is 1.79 bits per heavy atom. The third-order valence-corrected chi connectivity index (χ3v) is 5.99. The van der Waals surface area contributed by atoms with Crippen molar-refractivity contribution in [2.24, 2.45) is 0 Å². The van der Waals surface area contributed by atoms with Crippen LogP contribution in [0.4, 0.5) is 20.6 Å². The number of rotatable bonds is 3. The summed E-state index contributed by atoms with van der Waals surface area (Å²) in [5, 5.41) is 17.9. The van der Waals surface area contributed by atoms with Gasteiger partial charge in [-0.1, -0.05) is 31.0 Å². The van der Waals surface area contributed by atoms with Gasteiger partial charge < -0.3 is 20.6 Å². The summed E-state index contributed by atoms with van der Waals surface area (Å²) in [5.74, 6) is -0.340. The van der Waals surface area contributed by atoms with Crippen molar-refractivity contribution in [1.82, 2.24) is 4.90 Å². The summed E-state index contributed by atoms with van der Waals surface area (Å²) in [7, 11) is 0. The Bertz CT molecular complexity index is 814. The van der Waals surface area contributed by atoms with Gasteiger partial charge in [0.05, 0.1) is 12.1 Å². The number of carbonyl (C=O) groups is 1. The van der Waals surface area contributed by atoms with Crippen molar-refractivity contribution in [2.75, 3.05) is 17.2 Å². The standard InChI is InChI=1S/C22H26FN3O2/c23-16-9-11-18(12-10-16)25-21(27)26-15-13-19(24-17-6-2-1-3-7-17)22(28)14-5-4-8-20(22)26/h1-3,6-7,9-12,19-20,24,28H,4-5,8,13-15H2,(H,25,27).